The van der Waals surface area contributed by atoms with Crippen LogP contribution in [0.4, 0.5) is 0 Å². The van der Waals surface area contributed by atoms with Crippen LogP contribution in [0.5, 0.6) is 0 Å². The number of hydrogen-bond donors (Lipinski definition) is 1. The summed E-state index contributed by atoms with van der Waals surface area (Å²) in [5.41, 5.74) is 1.28. The average Bonchev–Trinajstić information content (AvgIpc) is 2.80. The van der Waals surface area contributed by atoms with Crippen LogP contribution in [0.2, 0.25) is 0 Å². The van der Waals surface area contributed by atoms with Gasteiger partial charge in [0.25, 0.3) is 0 Å². The van der Waals surface area contributed by atoms with Crippen LogP contribution in [0.15, 0.2) is 23.0 Å². The Morgan fingerprint density at radius 1 is 1.60 bits per heavy atom. The predicted molar refractivity (Wildman–Crippen MR) is 60.7 cm³/mol. The first-order chi connectivity index (χ1) is 7.40. The van der Waals surface area contributed by atoms with E-state index >= 15 is 0 Å². The maximum absolute atomic E-state index is 5.10. The summed E-state index contributed by atoms with van der Waals surface area (Å²) in [5.74, 6) is 0. The third kappa shape index (κ3) is 2.83. The monoisotopic (exact) mass is 208 g/mol. The molecule has 0 aliphatic carbocycles. The molecule has 3 nitrogen and oxygen atoms in total. The molecule has 1 fully saturated rings. The van der Waals surface area contributed by atoms with Crippen molar-refractivity contribution in [2.75, 3.05) is 19.6 Å². The van der Waals surface area contributed by atoms with Gasteiger partial charge in [-0.2, -0.15) is 0 Å². The van der Waals surface area contributed by atoms with Crippen LogP contribution < -0.4 is 5.32 Å². The van der Waals surface area contributed by atoms with Crippen molar-refractivity contribution in [3.8, 4) is 0 Å². The molecule has 1 N–H and O–H groups in total. The van der Waals surface area contributed by atoms with Crippen molar-refractivity contribution in [3.05, 3.63) is 24.2 Å². The lowest BCUT2D eigenvalue weighted by Crippen LogP contribution is -2.45. The van der Waals surface area contributed by atoms with E-state index < -0.39 is 0 Å². The van der Waals surface area contributed by atoms with Gasteiger partial charge in [-0.05, 0) is 32.0 Å². The molecular weight excluding hydrogens is 188 g/mol. The molecule has 3 heteroatoms. The molecule has 1 aliphatic heterocycles. The summed E-state index contributed by atoms with van der Waals surface area (Å²) >= 11 is 0. The second kappa shape index (κ2) is 5.33. The Hall–Kier alpha value is -0.800. The number of hydrogen-bond acceptors (Lipinski definition) is 3. The second-order valence-electron chi connectivity index (χ2n) is 4.19. The molecule has 0 amide bonds. The Morgan fingerprint density at radius 3 is 3.13 bits per heavy atom. The van der Waals surface area contributed by atoms with E-state index in [1.807, 2.05) is 6.26 Å². The van der Waals surface area contributed by atoms with Crippen LogP contribution in [0.1, 0.15) is 25.3 Å². The van der Waals surface area contributed by atoms with Gasteiger partial charge in [0.1, 0.15) is 0 Å². The summed E-state index contributed by atoms with van der Waals surface area (Å²) in [6.45, 7) is 6.66. The molecule has 2 heterocycles. The van der Waals surface area contributed by atoms with Gasteiger partial charge in [-0.15, -0.1) is 0 Å². The van der Waals surface area contributed by atoms with Crippen molar-refractivity contribution in [1.82, 2.24) is 10.2 Å². The molecule has 1 atom stereocenters. The second-order valence-corrected chi connectivity index (χ2v) is 4.19. The number of rotatable bonds is 4. The molecule has 1 aromatic heterocycles. The van der Waals surface area contributed by atoms with E-state index in [-0.39, 0.29) is 0 Å². The van der Waals surface area contributed by atoms with Gasteiger partial charge < -0.3 is 9.73 Å². The summed E-state index contributed by atoms with van der Waals surface area (Å²) in [6.07, 6.45) is 6.21. The number of nitrogens with one attached hydrogen (secondary N) is 1. The Balaban J connectivity index is 1.91. The van der Waals surface area contributed by atoms with E-state index in [0.29, 0.717) is 6.04 Å². The highest BCUT2D eigenvalue weighted by molar-refractivity contribution is 5.05. The Morgan fingerprint density at radius 2 is 2.53 bits per heavy atom. The van der Waals surface area contributed by atoms with Gasteiger partial charge >= 0.3 is 0 Å². The maximum atomic E-state index is 5.10. The largest absolute Gasteiger partial charge is 0.472 e. The topological polar surface area (TPSA) is 28.4 Å². The quantitative estimate of drug-likeness (QED) is 0.818. The fraction of sp³-hybridized carbons (Fsp3) is 0.667. The summed E-state index contributed by atoms with van der Waals surface area (Å²) < 4.78 is 5.10. The van der Waals surface area contributed by atoms with Gasteiger partial charge in [0.05, 0.1) is 12.5 Å². The van der Waals surface area contributed by atoms with E-state index in [4.69, 9.17) is 4.42 Å². The lowest BCUT2D eigenvalue weighted by molar-refractivity contribution is 0.166. The smallest absolute Gasteiger partial charge is 0.0947 e. The SMILES string of the molecule is CCN(Cc1ccoc1)C1CCCNC1. The number of likely N-dealkylation sites (N-methyl/N-ethyl adjacent to an activating group) is 1. The van der Waals surface area contributed by atoms with Gasteiger partial charge in [-0.3, -0.25) is 4.90 Å². The van der Waals surface area contributed by atoms with Crippen molar-refractivity contribution in [2.24, 2.45) is 0 Å². The normalized spacial score (nSPS) is 22.1. The molecule has 0 spiro atoms. The predicted octanol–water partition coefficient (Wildman–Crippen LogP) is 1.85. The molecule has 2 rings (SSSR count). The number of nitrogens with zero attached hydrogens (tertiary/aromatic N) is 1. The van der Waals surface area contributed by atoms with Crippen LogP contribution in [0.25, 0.3) is 0 Å². The third-order valence-electron chi connectivity index (χ3n) is 3.16. The van der Waals surface area contributed by atoms with Crippen molar-refractivity contribution in [1.29, 1.82) is 0 Å². The lowest BCUT2D eigenvalue weighted by atomic mass is 10.1. The van der Waals surface area contributed by atoms with Crippen LogP contribution in [-0.4, -0.2) is 30.6 Å². The molecule has 1 saturated heterocycles. The summed E-state index contributed by atoms with van der Waals surface area (Å²) in [6, 6.07) is 2.75. The summed E-state index contributed by atoms with van der Waals surface area (Å²) in [7, 11) is 0. The highest BCUT2D eigenvalue weighted by Crippen LogP contribution is 2.14. The fourth-order valence-corrected chi connectivity index (χ4v) is 2.26. The van der Waals surface area contributed by atoms with Crippen molar-refractivity contribution >= 4 is 0 Å². The van der Waals surface area contributed by atoms with Crippen LogP contribution >= 0.6 is 0 Å². The van der Waals surface area contributed by atoms with Gasteiger partial charge in [0.2, 0.25) is 0 Å². The van der Waals surface area contributed by atoms with Gasteiger partial charge in [-0.1, -0.05) is 6.92 Å². The molecule has 0 aromatic carbocycles. The van der Waals surface area contributed by atoms with Crippen LogP contribution in [0, 0.1) is 0 Å². The standard InChI is InChI=1S/C12H20N2O/c1-2-14(9-11-5-7-15-10-11)12-4-3-6-13-8-12/h5,7,10,12-13H,2-4,6,8-9H2,1H3. The molecule has 15 heavy (non-hydrogen) atoms. The maximum Gasteiger partial charge on any atom is 0.0947 e. The van der Waals surface area contributed by atoms with Gasteiger partial charge in [0, 0.05) is 24.7 Å². The van der Waals surface area contributed by atoms with Crippen molar-refractivity contribution < 1.29 is 4.42 Å². The molecule has 0 bridgehead atoms. The van der Waals surface area contributed by atoms with E-state index in [0.717, 1.165) is 19.6 Å². The fourth-order valence-electron chi connectivity index (χ4n) is 2.26. The van der Waals surface area contributed by atoms with E-state index in [1.165, 1.54) is 24.9 Å². The zero-order valence-electron chi connectivity index (χ0n) is 9.41. The summed E-state index contributed by atoms with van der Waals surface area (Å²) in [5, 5.41) is 3.46. The molecule has 1 aliphatic rings. The molecule has 1 unspecified atom stereocenters. The van der Waals surface area contributed by atoms with Gasteiger partial charge in [0.15, 0.2) is 0 Å². The molecular formula is C12H20N2O. The zero-order chi connectivity index (χ0) is 10.5. The molecule has 0 radical (unpaired) electrons. The molecule has 84 valence electrons. The average molecular weight is 208 g/mol. The highest BCUT2D eigenvalue weighted by atomic mass is 16.3. The van der Waals surface area contributed by atoms with Crippen molar-refractivity contribution in [3.63, 3.8) is 0 Å². The molecule has 0 saturated carbocycles. The first kappa shape index (κ1) is 10.7. The Labute approximate surface area is 91.4 Å². The highest BCUT2D eigenvalue weighted by Gasteiger charge is 2.19. The Kier molecular flexibility index (Phi) is 3.80. The number of furan rings is 1. The first-order valence-corrected chi connectivity index (χ1v) is 5.86. The minimum Gasteiger partial charge on any atom is -0.472 e. The summed E-state index contributed by atoms with van der Waals surface area (Å²) in [4.78, 5) is 2.52. The third-order valence-corrected chi connectivity index (χ3v) is 3.16. The van der Waals surface area contributed by atoms with Crippen LogP contribution in [-0.2, 0) is 6.54 Å². The molecule has 1 aromatic rings. The lowest BCUT2D eigenvalue weighted by Gasteiger charge is -2.33. The Bertz CT molecular complexity index is 265. The minimum atomic E-state index is 0.693. The van der Waals surface area contributed by atoms with Gasteiger partial charge in [-0.25, -0.2) is 0 Å². The first-order valence-electron chi connectivity index (χ1n) is 5.86. The van der Waals surface area contributed by atoms with Crippen LogP contribution in [0.3, 0.4) is 0 Å². The van der Waals surface area contributed by atoms with Crippen molar-refractivity contribution in [2.45, 2.75) is 32.4 Å². The van der Waals surface area contributed by atoms with E-state index in [9.17, 15) is 0 Å². The van der Waals surface area contributed by atoms with E-state index in [1.54, 1.807) is 6.26 Å². The minimum absolute atomic E-state index is 0.693. The zero-order valence-corrected chi connectivity index (χ0v) is 9.41. The van der Waals surface area contributed by atoms with E-state index in [2.05, 4.69) is 23.2 Å². The number of piperidine rings is 1.